The fraction of sp³-hybridized carbons (Fsp3) is 0.769. The van der Waals surface area contributed by atoms with Gasteiger partial charge in [0.2, 0.25) is 0 Å². The molecule has 0 aliphatic rings. The topological polar surface area (TPSA) is 29.9 Å². The van der Waals surface area contributed by atoms with Gasteiger partial charge in [0.1, 0.15) is 5.82 Å². The molecule has 0 fully saturated rings. The second kappa shape index (κ2) is 5.48. The molecule has 1 aromatic heterocycles. The van der Waals surface area contributed by atoms with Crippen LogP contribution in [0.5, 0.6) is 0 Å². The van der Waals surface area contributed by atoms with Gasteiger partial charge in [-0.3, -0.25) is 0 Å². The van der Waals surface area contributed by atoms with Crippen molar-refractivity contribution >= 4 is 0 Å². The molecule has 0 saturated heterocycles. The minimum Gasteiger partial charge on any atom is -0.338 e. The summed E-state index contributed by atoms with van der Waals surface area (Å²) in [5, 5.41) is 3.54. The first-order valence-electron chi connectivity index (χ1n) is 6.10. The van der Waals surface area contributed by atoms with Crippen LogP contribution in [-0.4, -0.2) is 21.6 Å². The summed E-state index contributed by atoms with van der Waals surface area (Å²) >= 11 is 0. The quantitative estimate of drug-likeness (QED) is 0.830. The fourth-order valence-electron chi connectivity index (χ4n) is 1.60. The van der Waals surface area contributed by atoms with E-state index < -0.39 is 0 Å². The summed E-state index contributed by atoms with van der Waals surface area (Å²) in [5.41, 5.74) is 0.220. The third-order valence-electron chi connectivity index (χ3n) is 2.76. The zero-order chi connectivity index (χ0) is 12.2. The predicted octanol–water partition coefficient (Wildman–Crippen LogP) is 2.38. The molecule has 0 saturated carbocycles. The van der Waals surface area contributed by atoms with E-state index in [9.17, 15) is 0 Å². The van der Waals surface area contributed by atoms with Gasteiger partial charge < -0.3 is 9.88 Å². The first-order valence-corrected chi connectivity index (χ1v) is 6.10. The Morgan fingerprint density at radius 2 is 2.12 bits per heavy atom. The molecule has 0 aromatic carbocycles. The van der Waals surface area contributed by atoms with Gasteiger partial charge >= 0.3 is 0 Å². The van der Waals surface area contributed by atoms with Gasteiger partial charge in [0, 0.05) is 31.4 Å². The molecule has 0 bridgehead atoms. The van der Waals surface area contributed by atoms with Crippen LogP contribution >= 0.6 is 0 Å². The van der Waals surface area contributed by atoms with Gasteiger partial charge in [-0.25, -0.2) is 4.98 Å². The van der Waals surface area contributed by atoms with Crippen LogP contribution in [0.25, 0.3) is 0 Å². The Morgan fingerprint density at radius 1 is 1.44 bits per heavy atom. The number of imidazole rings is 1. The average molecular weight is 223 g/mol. The van der Waals surface area contributed by atoms with Crippen LogP contribution < -0.4 is 5.32 Å². The van der Waals surface area contributed by atoms with E-state index in [0.29, 0.717) is 5.92 Å². The van der Waals surface area contributed by atoms with Crippen molar-refractivity contribution in [2.45, 2.75) is 46.1 Å². The molecular weight excluding hydrogens is 198 g/mol. The van der Waals surface area contributed by atoms with Crippen molar-refractivity contribution in [1.82, 2.24) is 14.9 Å². The standard InChI is InChI=1S/C13H25N3/c1-11(10-15-13(2,3)4)6-7-12-14-8-9-16(12)5/h8-9,11,15H,6-7,10H2,1-5H3. The van der Waals surface area contributed by atoms with Crippen molar-refractivity contribution in [1.29, 1.82) is 0 Å². The number of nitrogens with one attached hydrogen (secondary N) is 1. The molecule has 16 heavy (non-hydrogen) atoms. The highest BCUT2D eigenvalue weighted by atomic mass is 15.0. The summed E-state index contributed by atoms with van der Waals surface area (Å²) in [6.07, 6.45) is 6.13. The van der Waals surface area contributed by atoms with Crippen LogP contribution in [0, 0.1) is 5.92 Å². The molecule has 3 nitrogen and oxygen atoms in total. The van der Waals surface area contributed by atoms with Gasteiger partial charge in [-0.15, -0.1) is 0 Å². The lowest BCUT2D eigenvalue weighted by Crippen LogP contribution is -2.38. The van der Waals surface area contributed by atoms with Gasteiger partial charge in [-0.1, -0.05) is 6.92 Å². The van der Waals surface area contributed by atoms with Gasteiger partial charge in [-0.2, -0.15) is 0 Å². The average Bonchev–Trinajstić information content (AvgIpc) is 2.57. The minimum atomic E-state index is 0.220. The van der Waals surface area contributed by atoms with Crippen molar-refractivity contribution in [2.24, 2.45) is 13.0 Å². The fourth-order valence-corrected chi connectivity index (χ4v) is 1.60. The molecule has 0 aliphatic heterocycles. The normalized spacial score (nSPS) is 14.1. The second-order valence-corrected chi connectivity index (χ2v) is 5.73. The van der Waals surface area contributed by atoms with Gasteiger partial charge in [-0.05, 0) is 39.7 Å². The van der Waals surface area contributed by atoms with E-state index in [-0.39, 0.29) is 5.54 Å². The molecule has 1 heterocycles. The number of aromatic nitrogens is 2. The van der Waals surface area contributed by atoms with Crippen LogP contribution in [0.15, 0.2) is 12.4 Å². The monoisotopic (exact) mass is 223 g/mol. The summed E-state index contributed by atoms with van der Waals surface area (Å²) in [6, 6.07) is 0. The van der Waals surface area contributed by atoms with Crippen LogP contribution in [0.1, 0.15) is 39.9 Å². The molecule has 92 valence electrons. The highest BCUT2D eigenvalue weighted by molar-refractivity contribution is 4.91. The van der Waals surface area contributed by atoms with Crippen molar-refractivity contribution in [2.75, 3.05) is 6.54 Å². The van der Waals surface area contributed by atoms with E-state index in [2.05, 4.69) is 49.6 Å². The second-order valence-electron chi connectivity index (χ2n) is 5.73. The predicted molar refractivity (Wildman–Crippen MR) is 68.4 cm³/mol. The minimum absolute atomic E-state index is 0.220. The maximum Gasteiger partial charge on any atom is 0.108 e. The first-order chi connectivity index (χ1) is 7.38. The molecule has 0 aliphatic carbocycles. The van der Waals surface area contributed by atoms with Gasteiger partial charge in [0.15, 0.2) is 0 Å². The summed E-state index contributed by atoms with van der Waals surface area (Å²) < 4.78 is 2.10. The molecule has 1 rings (SSSR count). The number of hydrogen-bond acceptors (Lipinski definition) is 2. The third-order valence-corrected chi connectivity index (χ3v) is 2.76. The molecule has 1 N–H and O–H groups in total. The van der Waals surface area contributed by atoms with E-state index >= 15 is 0 Å². The van der Waals surface area contributed by atoms with Crippen molar-refractivity contribution < 1.29 is 0 Å². The van der Waals surface area contributed by atoms with Gasteiger partial charge in [0.05, 0.1) is 0 Å². The van der Waals surface area contributed by atoms with E-state index in [1.54, 1.807) is 0 Å². The Kier molecular flexibility index (Phi) is 4.54. The smallest absolute Gasteiger partial charge is 0.108 e. The Balaban J connectivity index is 2.25. The lowest BCUT2D eigenvalue weighted by Gasteiger charge is -2.23. The molecule has 3 heteroatoms. The summed E-state index contributed by atoms with van der Waals surface area (Å²) in [6.45, 7) is 9.99. The molecule has 0 amide bonds. The Labute approximate surface area is 99.3 Å². The highest BCUT2D eigenvalue weighted by Crippen LogP contribution is 2.08. The number of aryl methyl sites for hydroxylation is 2. The van der Waals surface area contributed by atoms with Crippen LogP contribution in [0.4, 0.5) is 0 Å². The zero-order valence-electron chi connectivity index (χ0n) is 11.2. The Bertz CT molecular complexity index is 309. The van der Waals surface area contributed by atoms with Crippen LogP contribution in [0.2, 0.25) is 0 Å². The van der Waals surface area contributed by atoms with E-state index in [0.717, 1.165) is 13.0 Å². The Morgan fingerprint density at radius 3 is 2.62 bits per heavy atom. The summed E-state index contributed by atoms with van der Waals surface area (Å²) in [4.78, 5) is 4.34. The molecule has 0 radical (unpaired) electrons. The van der Waals surface area contributed by atoms with Crippen molar-refractivity contribution in [3.8, 4) is 0 Å². The molecular formula is C13H25N3. The van der Waals surface area contributed by atoms with E-state index in [4.69, 9.17) is 0 Å². The van der Waals surface area contributed by atoms with E-state index in [1.807, 2.05) is 12.4 Å². The maximum atomic E-state index is 4.34. The zero-order valence-corrected chi connectivity index (χ0v) is 11.2. The molecule has 1 aromatic rings. The third kappa shape index (κ3) is 4.79. The summed E-state index contributed by atoms with van der Waals surface area (Å²) in [7, 11) is 2.06. The van der Waals surface area contributed by atoms with Crippen molar-refractivity contribution in [3.63, 3.8) is 0 Å². The van der Waals surface area contributed by atoms with Crippen LogP contribution in [-0.2, 0) is 13.5 Å². The number of rotatable bonds is 5. The summed E-state index contributed by atoms with van der Waals surface area (Å²) in [5.74, 6) is 1.87. The number of nitrogens with zero attached hydrogens (tertiary/aromatic N) is 2. The first kappa shape index (κ1) is 13.2. The molecule has 0 spiro atoms. The Hall–Kier alpha value is -0.830. The largest absolute Gasteiger partial charge is 0.338 e. The van der Waals surface area contributed by atoms with Crippen molar-refractivity contribution in [3.05, 3.63) is 18.2 Å². The molecule has 1 atom stereocenters. The van der Waals surface area contributed by atoms with Crippen LogP contribution in [0.3, 0.4) is 0 Å². The number of hydrogen-bond donors (Lipinski definition) is 1. The lowest BCUT2D eigenvalue weighted by atomic mass is 10.0. The highest BCUT2D eigenvalue weighted by Gasteiger charge is 2.11. The van der Waals surface area contributed by atoms with Gasteiger partial charge in [0.25, 0.3) is 0 Å². The molecule has 1 unspecified atom stereocenters. The lowest BCUT2D eigenvalue weighted by molar-refractivity contribution is 0.371. The SMILES string of the molecule is CC(CCc1nccn1C)CNC(C)(C)C. The van der Waals surface area contributed by atoms with E-state index in [1.165, 1.54) is 12.2 Å². The maximum absolute atomic E-state index is 4.34.